The number of anilines is 1. The van der Waals surface area contributed by atoms with E-state index in [4.69, 9.17) is 0 Å². The number of rotatable bonds is 3. The Morgan fingerprint density at radius 1 is 1.25 bits per heavy atom. The first-order chi connectivity index (χ1) is 9.54. The number of carbonyl (C=O) groups excluding carboxylic acids is 1. The van der Waals surface area contributed by atoms with Crippen LogP contribution in [-0.4, -0.2) is 17.4 Å². The van der Waals surface area contributed by atoms with Gasteiger partial charge in [-0.15, -0.1) is 0 Å². The Morgan fingerprint density at radius 2 is 2.00 bits per heavy atom. The Hall–Kier alpha value is -2.36. The number of aromatic nitrogens is 1. The highest BCUT2D eigenvalue weighted by molar-refractivity contribution is 6.06. The third-order valence-corrected chi connectivity index (χ3v) is 3.26. The second-order valence-electron chi connectivity index (χ2n) is 4.75. The van der Waals surface area contributed by atoms with Crippen molar-refractivity contribution < 1.29 is 4.79 Å². The van der Waals surface area contributed by atoms with Crippen LogP contribution < -0.4 is 10.5 Å². The average molecular weight is 270 g/mol. The van der Waals surface area contributed by atoms with Gasteiger partial charge in [-0.1, -0.05) is 12.1 Å². The zero-order valence-electron chi connectivity index (χ0n) is 11.9. The van der Waals surface area contributed by atoms with Crippen LogP contribution in [0.5, 0.6) is 0 Å². The molecule has 4 heteroatoms. The molecule has 0 spiro atoms. The molecule has 1 aromatic heterocycles. The number of H-pyrrole nitrogens is 1. The Labute approximate surface area is 118 Å². The van der Waals surface area contributed by atoms with Gasteiger partial charge in [0.05, 0.1) is 0 Å². The molecule has 1 N–H and O–H groups in total. The number of pyridine rings is 1. The molecule has 1 heterocycles. The highest BCUT2D eigenvalue weighted by atomic mass is 16.2. The first-order valence-electron chi connectivity index (χ1n) is 6.61. The lowest BCUT2D eigenvalue weighted by molar-refractivity contribution is 0.0986. The predicted octanol–water partition coefficient (Wildman–Crippen LogP) is 2.66. The Kier molecular flexibility index (Phi) is 4.03. The van der Waals surface area contributed by atoms with Crippen molar-refractivity contribution in [2.45, 2.75) is 20.8 Å². The average Bonchev–Trinajstić information content (AvgIpc) is 2.39. The number of amides is 1. The summed E-state index contributed by atoms with van der Waals surface area (Å²) in [6, 6.07) is 9.43. The summed E-state index contributed by atoms with van der Waals surface area (Å²) in [7, 11) is 0. The molecule has 0 saturated carbocycles. The van der Waals surface area contributed by atoms with Crippen molar-refractivity contribution in [2.75, 3.05) is 11.4 Å². The number of hydrogen-bond donors (Lipinski definition) is 1. The van der Waals surface area contributed by atoms with E-state index < -0.39 is 0 Å². The summed E-state index contributed by atoms with van der Waals surface area (Å²) in [5, 5.41) is 0. The van der Waals surface area contributed by atoms with Gasteiger partial charge in [-0.05, 0) is 50.1 Å². The highest BCUT2D eigenvalue weighted by Gasteiger charge is 2.20. The molecular weight excluding hydrogens is 252 g/mol. The van der Waals surface area contributed by atoms with Gasteiger partial charge >= 0.3 is 0 Å². The minimum atomic E-state index is -0.346. The van der Waals surface area contributed by atoms with Gasteiger partial charge in [0.2, 0.25) is 0 Å². The van der Waals surface area contributed by atoms with E-state index in [1.807, 2.05) is 38.1 Å². The molecule has 0 aliphatic carbocycles. The maximum atomic E-state index is 12.6. The molecule has 4 nitrogen and oxygen atoms in total. The first kappa shape index (κ1) is 14.1. The van der Waals surface area contributed by atoms with Crippen molar-refractivity contribution in [3.63, 3.8) is 0 Å². The molecule has 2 aromatic rings. The van der Waals surface area contributed by atoms with Crippen molar-refractivity contribution >= 4 is 11.6 Å². The van der Waals surface area contributed by atoms with E-state index in [1.165, 1.54) is 0 Å². The number of nitrogens with one attached hydrogen (secondary N) is 1. The zero-order valence-corrected chi connectivity index (χ0v) is 11.9. The van der Waals surface area contributed by atoms with Gasteiger partial charge in [0.1, 0.15) is 5.56 Å². The first-order valence-corrected chi connectivity index (χ1v) is 6.61. The van der Waals surface area contributed by atoms with E-state index in [0.717, 1.165) is 11.3 Å². The molecule has 20 heavy (non-hydrogen) atoms. The van der Waals surface area contributed by atoms with Gasteiger partial charge < -0.3 is 9.88 Å². The topological polar surface area (TPSA) is 53.2 Å². The number of nitrogens with zero attached hydrogens (tertiary/aromatic N) is 1. The van der Waals surface area contributed by atoms with Crippen molar-refractivity contribution in [2.24, 2.45) is 0 Å². The lowest BCUT2D eigenvalue weighted by Gasteiger charge is -2.21. The van der Waals surface area contributed by atoms with E-state index >= 15 is 0 Å². The Bertz CT molecular complexity index is 689. The lowest BCUT2D eigenvalue weighted by Crippen LogP contribution is -2.35. The molecule has 0 radical (unpaired) electrons. The number of aryl methyl sites for hydroxylation is 2. The Balaban J connectivity index is 2.47. The fourth-order valence-corrected chi connectivity index (χ4v) is 2.22. The second kappa shape index (κ2) is 5.74. The largest absolute Gasteiger partial charge is 0.328 e. The minimum absolute atomic E-state index is 0.204. The normalized spacial score (nSPS) is 10.3. The van der Waals surface area contributed by atoms with Crippen LogP contribution in [-0.2, 0) is 0 Å². The number of carbonyl (C=O) groups is 1. The number of aromatic amines is 1. The van der Waals surface area contributed by atoms with E-state index in [-0.39, 0.29) is 17.0 Å². The van der Waals surface area contributed by atoms with Crippen LogP contribution in [0, 0.1) is 13.8 Å². The summed E-state index contributed by atoms with van der Waals surface area (Å²) in [6.45, 7) is 6.15. The minimum Gasteiger partial charge on any atom is -0.328 e. The van der Waals surface area contributed by atoms with Gasteiger partial charge in [-0.2, -0.15) is 0 Å². The van der Waals surface area contributed by atoms with Crippen LogP contribution in [0.15, 0.2) is 41.3 Å². The SMILES string of the molecule is CCN(C(=O)c1c(C)cc[nH]c1=O)c1cccc(C)c1. The van der Waals surface area contributed by atoms with Crippen LogP contribution >= 0.6 is 0 Å². The summed E-state index contributed by atoms with van der Waals surface area (Å²) in [5.41, 5.74) is 2.43. The summed E-state index contributed by atoms with van der Waals surface area (Å²) in [6.07, 6.45) is 1.55. The Morgan fingerprint density at radius 3 is 2.60 bits per heavy atom. The fraction of sp³-hybridized carbons (Fsp3) is 0.250. The van der Waals surface area contributed by atoms with Gasteiger partial charge in [0.15, 0.2) is 0 Å². The maximum absolute atomic E-state index is 12.6. The van der Waals surface area contributed by atoms with Crippen molar-refractivity contribution in [1.82, 2.24) is 4.98 Å². The monoisotopic (exact) mass is 270 g/mol. The van der Waals surface area contributed by atoms with Gasteiger partial charge in [-0.3, -0.25) is 9.59 Å². The molecule has 0 aliphatic rings. The van der Waals surface area contributed by atoms with E-state index in [1.54, 1.807) is 24.1 Å². The molecule has 104 valence electrons. The smallest absolute Gasteiger partial charge is 0.264 e. The lowest BCUT2D eigenvalue weighted by atomic mass is 10.1. The molecule has 0 unspecified atom stereocenters. The van der Waals surface area contributed by atoms with E-state index in [9.17, 15) is 9.59 Å². The molecule has 0 saturated heterocycles. The summed E-state index contributed by atoms with van der Waals surface area (Å²) in [5.74, 6) is -0.266. The number of benzene rings is 1. The van der Waals surface area contributed by atoms with Crippen LogP contribution in [0.25, 0.3) is 0 Å². The summed E-state index contributed by atoms with van der Waals surface area (Å²) >= 11 is 0. The molecule has 0 fully saturated rings. The van der Waals surface area contributed by atoms with Gasteiger partial charge in [-0.25, -0.2) is 0 Å². The molecule has 2 rings (SSSR count). The van der Waals surface area contributed by atoms with Crippen LogP contribution in [0.2, 0.25) is 0 Å². The quantitative estimate of drug-likeness (QED) is 0.932. The molecule has 1 aromatic carbocycles. The predicted molar refractivity (Wildman–Crippen MR) is 80.3 cm³/mol. The molecular formula is C16H18N2O2. The third kappa shape index (κ3) is 2.64. The van der Waals surface area contributed by atoms with Crippen LogP contribution in [0.1, 0.15) is 28.4 Å². The second-order valence-corrected chi connectivity index (χ2v) is 4.75. The zero-order chi connectivity index (χ0) is 14.7. The summed E-state index contributed by atoms with van der Waals surface area (Å²) < 4.78 is 0. The summed E-state index contributed by atoms with van der Waals surface area (Å²) in [4.78, 5) is 28.7. The molecule has 0 bridgehead atoms. The van der Waals surface area contributed by atoms with E-state index in [0.29, 0.717) is 12.1 Å². The van der Waals surface area contributed by atoms with E-state index in [2.05, 4.69) is 4.98 Å². The molecule has 0 aliphatic heterocycles. The van der Waals surface area contributed by atoms with Crippen molar-refractivity contribution in [3.8, 4) is 0 Å². The maximum Gasteiger partial charge on any atom is 0.264 e. The third-order valence-electron chi connectivity index (χ3n) is 3.26. The van der Waals surface area contributed by atoms with Crippen LogP contribution in [0.4, 0.5) is 5.69 Å². The fourth-order valence-electron chi connectivity index (χ4n) is 2.22. The van der Waals surface area contributed by atoms with Crippen molar-refractivity contribution in [1.29, 1.82) is 0 Å². The van der Waals surface area contributed by atoms with Crippen LogP contribution in [0.3, 0.4) is 0 Å². The standard InChI is InChI=1S/C16H18N2O2/c1-4-18(13-7-5-6-11(2)10-13)16(20)14-12(3)8-9-17-15(14)19/h5-10H,4H2,1-3H3,(H,17,19). The highest BCUT2D eigenvalue weighted by Crippen LogP contribution is 2.18. The number of hydrogen-bond acceptors (Lipinski definition) is 2. The molecule has 1 amide bonds. The van der Waals surface area contributed by atoms with Crippen molar-refractivity contribution in [3.05, 3.63) is 63.6 Å². The van der Waals surface area contributed by atoms with Gasteiger partial charge in [0, 0.05) is 18.4 Å². The molecule has 0 atom stereocenters. The van der Waals surface area contributed by atoms with Gasteiger partial charge in [0.25, 0.3) is 11.5 Å².